The Labute approximate surface area is 76.9 Å². The highest BCUT2D eigenvalue weighted by atomic mass is 16.4. The Kier molecular flexibility index (Phi) is 2.75. The zero-order valence-corrected chi connectivity index (χ0v) is 7.86. The maximum Gasteiger partial charge on any atom is 0.328 e. The summed E-state index contributed by atoms with van der Waals surface area (Å²) >= 11 is 0. The average molecular weight is 186 g/mol. The monoisotopic (exact) mass is 186 g/mol. The fourth-order valence-electron chi connectivity index (χ4n) is 1.47. The van der Waals surface area contributed by atoms with Crippen LogP contribution in [0.25, 0.3) is 0 Å². The molecule has 0 aromatic rings. The number of rotatable bonds is 3. The van der Waals surface area contributed by atoms with Gasteiger partial charge in [-0.15, -0.1) is 0 Å². The van der Waals surface area contributed by atoms with E-state index in [0.717, 1.165) is 6.42 Å². The van der Waals surface area contributed by atoms with E-state index >= 15 is 0 Å². The third-order valence-electron chi connectivity index (χ3n) is 2.21. The Balaban J connectivity index is 2.66. The molecule has 0 aromatic carbocycles. The van der Waals surface area contributed by atoms with Crippen LogP contribution in [0.15, 0.2) is 0 Å². The Bertz CT molecular complexity index is 229. The molecule has 1 saturated heterocycles. The predicted octanol–water partition coefficient (Wildman–Crippen LogP) is 0.217. The number of aliphatic carboxylic acids is 1. The van der Waals surface area contributed by atoms with Crippen molar-refractivity contribution in [2.75, 3.05) is 20.1 Å². The molecule has 2 amide bonds. The van der Waals surface area contributed by atoms with E-state index in [2.05, 4.69) is 0 Å². The molecule has 1 unspecified atom stereocenters. The lowest BCUT2D eigenvalue weighted by molar-refractivity contribution is -0.140. The summed E-state index contributed by atoms with van der Waals surface area (Å²) in [5.41, 5.74) is 0. The number of carboxylic acids is 1. The maximum atomic E-state index is 11.4. The van der Waals surface area contributed by atoms with Crippen LogP contribution in [0.4, 0.5) is 4.79 Å². The van der Waals surface area contributed by atoms with Crippen molar-refractivity contribution < 1.29 is 14.7 Å². The smallest absolute Gasteiger partial charge is 0.328 e. The molecular formula is C8H14N2O3. The summed E-state index contributed by atoms with van der Waals surface area (Å²) in [5, 5.41) is 8.77. The van der Waals surface area contributed by atoms with E-state index in [1.54, 1.807) is 4.90 Å². The zero-order valence-electron chi connectivity index (χ0n) is 7.86. The summed E-state index contributed by atoms with van der Waals surface area (Å²) in [6.45, 7) is 2.90. The number of nitrogens with zero attached hydrogens (tertiary/aromatic N) is 2. The molecule has 1 rings (SSSR count). The molecule has 5 heteroatoms. The van der Waals surface area contributed by atoms with Gasteiger partial charge in [-0.1, -0.05) is 6.92 Å². The third kappa shape index (κ3) is 1.74. The van der Waals surface area contributed by atoms with Gasteiger partial charge in [-0.05, 0) is 6.42 Å². The van der Waals surface area contributed by atoms with E-state index in [4.69, 9.17) is 5.11 Å². The van der Waals surface area contributed by atoms with Crippen molar-refractivity contribution >= 4 is 12.0 Å². The minimum absolute atomic E-state index is 0.186. The van der Waals surface area contributed by atoms with Gasteiger partial charge in [-0.3, -0.25) is 0 Å². The molecule has 1 aliphatic rings. The number of urea groups is 1. The van der Waals surface area contributed by atoms with Crippen LogP contribution in [-0.2, 0) is 4.79 Å². The lowest BCUT2D eigenvalue weighted by Crippen LogP contribution is -2.36. The second-order valence-corrected chi connectivity index (χ2v) is 3.19. The van der Waals surface area contributed by atoms with Gasteiger partial charge in [0, 0.05) is 13.6 Å². The van der Waals surface area contributed by atoms with Crippen molar-refractivity contribution in [1.82, 2.24) is 9.80 Å². The highest BCUT2D eigenvalue weighted by Gasteiger charge is 2.38. The van der Waals surface area contributed by atoms with Gasteiger partial charge < -0.3 is 14.9 Å². The fraction of sp³-hybridized carbons (Fsp3) is 0.750. The molecular weight excluding hydrogens is 172 g/mol. The van der Waals surface area contributed by atoms with Gasteiger partial charge in [0.05, 0.1) is 6.54 Å². The van der Waals surface area contributed by atoms with Gasteiger partial charge in [0.25, 0.3) is 0 Å². The molecule has 0 aliphatic carbocycles. The van der Waals surface area contributed by atoms with Crippen molar-refractivity contribution in [2.24, 2.45) is 0 Å². The molecule has 1 aliphatic heterocycles. The van der Waals surface area contributed by atoms with Gasteiger partial charge in [0.2, 0.25) is 0 Å². The Morgan fingerprint density at radius 1 is 1.69 bits per heavy atom. The van der Waals surface area contributed by atoms with E-state index in [9.17, 15) is 9.59 Å². The zero-order chi connectivity index (χ0) is 10.0. The standard InChI is InChI=1S/C8H14N2O3/c1-3-4-10-5-6(7(11)12)9(2)8(10)13/h6H,3-5H2,1-2H3,(H,11,12). The van der Waals surface area contributed by atoms with Gasteiger partial charge in [-0.25, -0.2) is 9.59 Å². The first-order valence-electron chi connectivity index (χ1n) is 4.32. The topological polar surface area (TPSA) is 60.9 Å². The fourth-order valence-corrected chi connectivity index (χ4v) is 1.47. The first-order chi connectivity index (χ1) is 6.07. The number of amides is 2. The molecule has 1 atom stereocenters. The number of carbonyl (C=O) groups is 2. The molecule has 74 valence electrons. The van der Waals surface area contributed by atoms with E-state index in [0.29, 0.717) is 13.1 Å². The Hall–Kier alpha value is -1.26. The van der Waals surface area contributed by atoms with Crippen LogP contribution in [0.5, 0.6) is 0 Å². The number of hydrogen-bond acceptors (Lipinski definition) is 2. The van der Waals surface area contributed by atoms with Crippen LogP contribution in [0, 0.1) is 0 Å². The van der Waals surface area contributed by atoms with Crippen LogP contribution in [0.1, 0.15) is 13.3 Å². The van der Waals surface area contributed by atoms with E-state index in [1.807, 2.05) is 6.92 Å². The largest absolute Gasteiger partial charge is 0.480 e. The summed E-state index contributed by atoms with van der Waals surface area (Å²) < 4.78 is 0. The van der Waals surface area contributed by atoms with Crippen molar-refractivity contribution in [3.63, 3.8) is 0 Å². The number of carbonyl (C=O) groups excluding carboxylic acids is 1. The van der Waals surface area contributed by atoms with E-state index in [-0.39, 0.29) is 6.03 Å². The lowest BCUT2D eigenvalue weighted by Gasteiger charge is -2.14. The first kappa shape index (κ1) is 9.83. The molecule has 0 aromatic heterocycles. The van der Waals surface area contributed by atoms with Crippen molar-refractivity contribution in [2.45, 2.75) is 19.4 Å². The molecule has 0 bridgehead atoms. The third-order valence-corrected chi connectivity index (χ3v) is 2.21. The molecule has 5 nitrogen and oxygen atoms in total. The molecule has 1 fully saturated rings. The van der Waals surface area contributed by atoms with Crippen molar-refractivity contribution in [1.29, 1.82) is 0 Å². The summed E-state index contributed by atoms with van der Waals surface area (Å²) in [6.07, 6.45) is 0.853. The second-order valence-electron chi connectivity index (χ2n) is 3.19. The first-order valence-corrected chi connectivity index (χ1v) is 4.32. The SMILES string of the molecule is CCCN1CC(C(=O)O)N(C)C1=O. The molecule has 1 N–H and O–H groups in total. The van der Waals surface area contributed by atoms with Gasteiger partial charge in [0.1, 0.15) is 6.04 Å². The van der Waals surface area contributed by atoms with Gasteiger partial charge >= 0.3 is 12.0 Å². The molecule has 0 radical (unpaired) electrons. The summed E-state index contributed by atoms with van der Waals surface area (Å²) in [4.78, 5) is 24.9. The van der Waals surface area contributed by atoms with Crippen LogP contribution >= 0.6 is 0 Å². The molecule has 13 heavy (non-hydrogen) atoms. The minimum atomic E-state index is -0.936. The van der Waals surface area contributed by atoms with Crippen LogP contribution in [0.2, 0.25) is 0 Å². The van der Waals surface area contributed by atoms with Crippen LogP contribution in [-0.4, -0.2) is 53.1 Å². The summed E-state index contributed by atoms with van der Waals surface area (Å²) in [7, 11) is 1.52. The quantitative estimate of drug-likeness (QED) is 0.685. The van der Waals surface area contributed by atoms with Gasteiger partial charge in [0.15, 0.2) is 0 Å². The highest BCUT2D eigenvalue weighted by Crippen LogP contribution is 2.13. The van der Waals surface area contributed by atoms with Crippen LogP contribution < -0.4 is 0 Å². The highest BCUT2D eigenvalue weighted by molar-refractivity contribution is 5.86. The van der Waals surface area contributed by atoms with E-state index < -0.39 is 12.0 Å². The summed E-state index contributed by atoms with van der Waals surface area (Å²) in [5.74, 6) is -0.936. The Morgan fingerprint density at radius 3 is 2.69 bits per heavy atom. The minimum Gasteiger partial charge on any atom is -0.480 e. The predicted molar refractivity (Wildman–Crippen MR) is 46.4 cm³/mol. The van der Waals surface area contributed by atoms with Crippen molar-refractivity contribution in [3.05, 3.63) is 0 Å². The van der Waals surface area contributed by atoms with Crippen LogP contribution in [0.3, 0.4) is 0 Å². The summed E-state index contributed by atoms with van der Waals surface area (Å²) in [6, 6.07) is -0.867. The van der Waals surface area contributed by atoms with Gasteiger partial charge in [-0.2, -0.15) is 0 Å². The molecule has 1 heterocycles. The number of carboxylic acid groups (broad SMARTS) is 1. The van der Waals surface area contributed by atoms with Crippen molar-refractivity contribution in [3.8, 4) is 0 Å². The second kappa shape index (κ2) is 3.64. The normalized spacial score (nSPS) is 22.6. The maximum absolute atomic E-state index is 11.4. The number of likely N-dealkylation sites (N-methyl/N-ethyl adjacent to an activating group) is 1. The Morgan fingerprint density at radius 2 is 2.31 bits per heavy atom. The lowest BCUT2D eigenvalue weighted by atomic mass is 10.3. The average Bonchev–Trinajstić information content (AvgIpc) is 2.33. The molecule has 0 saturated carbocycles. The van der Waals surface area contributed by atoms with E-state index in [1.165, 1.54) is 11.9 Å². The molecule has 0 spiro atoms. The number of hydrogen-bond donors (Lipinski definition) is 1.